The lowest BCUT2D eigenvalue weighted by atomic mass is 10.1. The number of aliphatic carboxylic acids is 1. The summed E-state index contributed by atoms with van der Waals surface area (Å²) in [6.07, 6.45) is 4.97. The summed E-state index contributed by atoms with van der Waals surface area (Å²) in [5, 5.41) is 9.06. The highest BCUT2D eigenvalue weighted by atomic mass is 32.2. The highest BCUT2D eigenvalue weighted by Crippen LogP contribution is 2.33. The van der Waals surface area contributed by atoms with Crippen LogP contribution in [-0.4, -0.2) is 59.7 Å². The van der Waals surface area contributed by atoms with Crippen molar-refractivity contribution in [2.75, 3.05) is 14.1 Å². The third-order valence-corrected chi connectivity index (χ3v) is 8.04. The van der Waals surface area contributed by atoms with Crippen LogP contribution in [0.5, 0.6) is 0 Å². The fourth-order valence-electron chi connectivity index (χ4n) is 4.07. The van der Waals surface area contributed by atoms with Gasteiger partial charge in [0.15, 0.2) is 9.84 Å². The Morgan fingerprint density at radius 1 is 1.19 bits per heavy atom. The number of carbonyl (C=O) groups is 1. The number of pyridine rings is 1. The lowest BCUT2D eigenvalue weighted by Gasteiger charge is -2.19. The first-order valence-corrected chi connectivity index (χ1v) is 11.9. The molecule has 31 heavy (non-hydrogen) atoms. The Labute approximate surface area is 181 Å². The molecule has 0 aliphatic heterocycles. The summed E-state index contributed by atoms with van der Waals surface area (Å²) in [6.45, 7) is 1.84. The molecule has 3 N–H and O–H groups in total. The number of H-pyrrole nitrogens is 2. The average Bonchev–Trinajstić information content (AvgIpc) is 3.39. The summed E-state index contributed by atoms with van der Waals surface area (Å²) >= 11 is 0. The minimum Gasteiger partial charge on any atom is -0.481 e. The third kappa shape index (κ3) is 4.83. The third-order valence-electron chi connectivity index (χ3n) is 5.82. The molecule has 1 fully saturated rings. The number of hydrogen-bond acceptors (Lipinski definition) is 5. The molecule has 0 spiro atoms. The van der Waals surface area contributed by atoms with E-state index in [2.05, 4.69) is 14.9 Å². The Balaban J connectivity index is 0.000000401. The van der Waals surface area contributed by atoms with Crippen LogP contribution in [-0.2, 0) is 14.6 Å². The van der Waals surface area contributed by atoms with Crippen LogP contribution < -0.4 is 5.56 Å². The first kappa shape index (κ1) is 23.0. The average molecular weight is 448 g/mol. The van der Waals surface area contributed by atoms with E-state index in [1.807, 2.05) is 21.0 Å². The van der Waals surface area contributed by atoms with E-state index in [1.165, 1.54) is 0 Å². The molecule has 2 atom stereocenters. The van der Waals surface area contributed by atoms with E-state index in [9.17, 15) is 18.0 Å². The van der Waals surface area contributed by atoms with E-state index in [0.717, 1.165) is 23.6 Å². The van der Waals surface area contributed by atoms with Crippen molar-refractivity contribution in [3.05, 3.63) is 40.8 Å². The van der Waals surface area contributed by atoms with Crippen LogP contribution in [0.1, 0.15) is 39.0 Å². The van der Waals surface area contributed by atoms with Crippen LogP contribution in [0.4, 0.5) is 0 Å². The molecule has 0 bridgehead atoms. The Bertz CT molecular complexity index is 1240. The van der Waals surface area contributed by atoms with Gasteiger partial charge in [-0.15, -0.1) is 0 Å². The van der Waals surface area contributed by atoms with E-state index in [-0.39, 0.29) is 10.8 Å². The van der Waals surface area contributed by atoms with Crippen molar-refractivity contribution in [1.82, 2.24) is 14.9 Å². The number of nitrogens with one attached hydrogen (secondary N) is 2. The largest absolute Gasteiger partial charge is 0.481 e. The quantitative estimate of drug-likeness (QED) is 0.552. The number of aromatic amines is 2. The number of fused-ring (bicyclic) bond motifs is 3. The predicted molar refractivity (Wildman–Crippen MR) is 121 cm³/mol. The Hall–Kier alpha value is -2.65. The lowest BCUT2D eigenvalue weighted by molar-refractivity contribution is -0.137. The van der Waals surface area contributed by atoms with Crippen molar-refractivity contribution in [3.63, 3.8) is 0 Å². The second kappa shape index (κ2) is 9.23. The molecule has 1 aliphatic rings. The zero-order chi connectivity index (χ0) is 22.8. The molecule has 168 valence electrons. The van der Waals surface area contributed by atoms with Crippen molar-refractivity contribution in [3.8, 4) is 0 Å². The number of benzene rings is 1. The monoisotopic (exact) mass is 447 g/mol. The smallest absolute Gasteiger partial charge is 0.303 e. The summed E-state index contributed by atoms with van der Waals surface area (Å²) in [7, 11) is 0.602. The highest BCUT2D eigenvalue weighted by Gasteiger charge is 2.36. The van der Waals surface area contributed by atoms with Crippen LogP contribution in [0.3, 0.4) is 0 Å². The Kier molecular flexibility index (Phi) is 6.86. The van der Waals surface area contributed by atoms with Crippen LogP contribution in [0.25, 0.3) is 21.8 Å². The number of aromatic nitrogens is 2. The molecular weight excluding hydrogens is 418 g/mol. The molecule has 4 rings (SSSR count). The van der Waals surface area contributed by atoms with E-state index in [4.69, 9.17) is 5.11 Å². The molecule has 9 heteroatoms. The van der Waals surface area contributed by atoms with Crippen LogP contribution in [0.15, 0.2) is 40.2 Å². The minimum atomic E-state index is -3.39. The number of carboxylic acids is 1. The number of hydrogen-bond donors (Lipinski definition) is 3. The molecule has 1 aromatic carbocycles. The molecule has 2 aromatic heterocycles. The first-order chi connectivity index (χ1) is 14.6. The van der Waals surface area contributed by atoms with Crippen LogP contribution in [0.2, 0.25) is 0 Å². The van der Waals surface area contributed by atoms with Gasteiger partial charge in [0.25, 0.3) is 5.56 Å². The minimum absolute atomic E-state index is 0.201. The van der Waals surface area contributed by atoms with Gasteiger partial charge in [0, 0.05) is 34.9 Å². The van der Waals surface area contributed by atoms with E-state index in [0.29, 0.717) is 41.2 Å². The van der Waals surface area contributed by atoms with Gasteiger partial charge in [-0.1, -0.05) is 6.92 Å². The molecule has 2 heterocycles. The second-order valence-corrected chi connectivity index (χ2v) is 10.4. The van der Waals surface area contributed by atoms with Gasteiger partial charge in [-0.05, 0) is 64.0 Å². The maximum atomic E-state index is 13.1. The second-order valence-electron chi connectivity index (χ2n) is 8.17. The number of carboxylic acid groups (broad SMARTS) is 1. The van der Waals surface area contributed by atoms with Crippen molar-refractivity contribution >= 4 is 37.6 Å². The molecule has 8 nitrogen and oxygen atoms in total. The molecule has 0 saturated heterocycles. The molecule has 0 amide bonds. The highest BCUT2D eigenvalue weighted by molar-refractivity contribution is 7.92. The predicted octanol–water partition coefficient (Wildman–Crippen LogP) is 3.14. The van der Waals surface area contributed by atoms with E-state index < -0.39 is 15.8 Å². The molecular formula is C22H29N3O5S. The van der Waals surface area contributed by atoms with Gasteiger partial charge in [0.2, 0.25) is 0 Å². The summed E-state index contributed by atoms with van der Waals surface area (Å²) in [4.78, 5) is 29.8. The molecule has 1 aliphatic carbocycles. The maximum Gasteiger partial charge on any atom is 0.303 e. The number of rotatable bonds is 5. The van der Waals surface area contributed by atoms with Gasteiger partial charge in [-0.25, -0.2) is 8.42 Å². The summed E-state index contributed by atoms with van der Waals surface area (Å²) in [5.41, 5.74) is 0.914. The van der Waals surface area contributed by atoms with Gasteiger partial charge in [-0.3, -0.25) is 9.59 Å². The van der Waals surface area contributed by atoms with Gasteiger partial charge >= 0.3 is 5.97 Å². The van der Waals surface area contributed by atoms with Gasteiger partial charge in [0.05, 0.1) is 10.1 Å². The van der Waals surface area contributed by atoms with Gasteiger partial charge in [-0.2, -0.15) is 0 Å². The van der Waals surface area contributed by atoms with Crippen molar-refractivity contribution in [2.24, 2.45) is 0 Å². The topological polar surface area (TPSA) is 123 Å². The Morgan fingerprint density at radius 2 is 1.94 bits per heavy atom. The van der Waals surface area contributed by atoms with Gasteiger partial charge < -0.3 is 20.0 Å². The van der Waals surface area contributed by atoms with Gasteiger partial charge in [0.1, 0.15) is 5.52 Å². The molecule has 0 radical (unpaired) electrons. The summed E-state index contributed by atoms with van der Waals surface area (Å²) < 4.78 is 26.2. The number of nitrogens with zero attached hydrogens (tertiary/aromatic N) is 1. The standard InChI is InChI=1S/C18H21N3O3S.C4H8O2/c1-21(2)11-3-4-12(9-11)25(23,24)13-5-6-16-15(10-13)14-7-8-19-17(14)18(22)20-16;1-2-3-4(5)6/h5-8,10-12,19H,3-4,9H2,1-2H3,(H,20,22);2-3H2,1H3,(H,5,6)/t11?,12-;/m1./s1. The SMILES string of the molecule is CCCC(=O)O.CN(C)C1CC[C@@H](S(=O)(=O)c2ccc3[nH]c(=O)c4[nH]ccc4c3c2)C1. The lowest BCUT2D eigenvalue weighted by Crippen LogP contribution is -2.27. The molecule has 1 saturated carbocycles. The zero-order valence-corrected chi connectivity index (χ0v) is 18.8. The Morgan fingerprint density at radius 3 is 2.52 bits per heavy atom. The molecule has 3 aromatic rings. The van der Waals surface area contributed by atoms with Crippen molar-refractivity contribution in [2.45, 2.75) is 55.2 Å². The number of sulfone groups is 1. The first-order valence-electron chi connectivity index (χ1n) is 10.4. The summed E-state index contributed by atoms with van der Waals surface area (Å²) in [5.74, 6) is -0.711. The fraction of sp³-hybridized carbons (Fsp3) is 0.455. The summed E-state index contributed by atoms with van der Waals surface area (Å²) in [6, 6.07) is 7.11. The van der Waals surface area contributed by atoms with E-state index >= 15 is 0 Å². The van der Waals surface area contributed by atoms with E-state index in [1.54, 1.807) is 30.5 Å². The van der Waals surface area contributed by atoms with Crippen LogP contribution >= 0.6 is 0 Å². The maximum absolute atomic E-state index is 13.1. The zero-order valence-electron chi connectivity index (χ0n) is 18.0. The van der Waals surface area contributed by atoms with Crippen molar-refractivity contribution < 1.29 is 18.3 Å². The van der Waals surface area contributed by atoms with Crippen molar-refractivity contribution in [1.29, 1.82) is 0 Å². The van der Waals surface area contributed by atoms with Crippen LogP contribution in [0, 0.1) is 0 Å². The molecule has 1 unspecified atom stereocenters. The normalized spacial score (nSPS) is 19.0. The fourth-order valence-corrected chi connectivity index (χ4v) is 5.92.